The molecule has 3 aromatic heterocycles. The zero-order valence-electron chi connectivity index (χ0n) is 20.6. The molecule has 0 amide bonds. The number of hydrogen-bond acceptors (Lipinski definition) is 10. The van der Waals surface area contributed by atoms with Crippen molar-refractivity contribution in [2.24, 2.45) is 7.05 Å². The van der Waals surface area contributed by atoms with Crippen molar-refractivity contribution in [2.45, 2.75) is 43.6 Å². The maximum atomic E-state index is 14.9. The number of benzene rings is 1. The molecule has 0 bridgehead atoms. The van der Waals surface area contributed by atoms with Gasteiger partial charge >= 0.3 is 6.01 Å². The highest BCUT2D eigenvalue weighted by atomic mass is 32.2. The van der Waals surface area contributed by atoms with E-state index in [0.29, 0.717) is 49.4 Å². The number of halogens is 2. The summed E-state index contributed by atoms with van der Waals surface area (Å²) in [6.45, 7) is 5.28. The Morgan fingerprint density at radius 1 is 1.14 bits per heavy atom. The van der Waals surface area contributed by atoms with Gasteiger partial charge in [-0.3, -0.25) is 4.68 Å². The third-order valence-electron chi connectivity index (χ3n) is 6.20. The van der Waals surface area contributed by atoms with E-state index in [2.05, 4.69) is 25.2 Å². The first-order valence-electron chi connectivity index (χ1n) is 11.6. The van der Waals surface area contributed by atoms with Crippen LogP contribution in [0.5, 0.6) is 5.88 Å². The Balaban J connectivity index is 1.39. The van der Waals surface area contributed by atoms with Gasteiger partial charge in [0.25, 0.3) is 0 Å². The van der Waals surface area contributed by atoms with E-state index in [1.54, 1.807) is 7.05 Å². The van der Waals surface area contributed by atoms with Crippen LogP contribution in [0.2, 0.25) is 0 Å². The number of hydrogen-bond donors (Lipinski definition) is 0. The predicted octanol–water partition coefficient (Wildman–Crippen LogP) is 3.27. The highest BCUT2D eigenvalue weighted by molar-refractivity contribution is 7.90. The summed E-state index contributed by atoms with van der Waals surface area (Å²) >= 11 is 0. The molecule has 0 spiro atoms. The quantitative estimate of drug-likeness (QED) is 0.364. The second-order valence-corrected chi connectivity index (χ2v) is 11.3. The molecule has 1 aliphatic rings. The maximum absolute atomic E-state index is 14.9. The molecule has 1 saturated heterocycles. The molecule has 196 valence electrons. The van der Waals surface area contributed by atoms with Gasteiger partial charge in [-0.05, 0) is 12.1 Å². The lowest BCUT2D eigenvalue weighted by atomic mass is 10.1. The fourth-order valence-electron chi connectivity index (χ4n) is 4.25. The van der Waals surface area contributed by atoms with Gasteiger partial charge in [0.1, 0.15) is 45.7 Å². The summed E-state index contributed by atoms with van der Waals surface area (Å²) in [4.78, 5) is 14.2. The molecular formula is C23H25F2N7O4S. The van der Waals surface area contributed by atoms with E-state index in [0.717, 1.165) is 12.3 Å². The molecule has 11 nitrogen and oxygen atoms in total. The highest BCUT2D eigenvalue weighted by Crippen LogP contribution is 2.34. The van der Waals surface area contributed by atoms with Crippen LogP contribution < -0.4 is 9.64 Å². The van der Waals surface area contributed by atoms with E-state index in [1.165, 1.54) is 11.0 Å². The van der Waals surface area contributed by atoms with Crippen LogP contribution in [0, 0.1) is 11.6 Å². The zero-order chi connectivity index (χ0) is 26.5. The first kappa shape index (κ1) is 25.0. The summed E-state index contributed by atoms with van der Waals surface area (Å²) in [6.07, 6.45) is 3.25. The highest BCUT2D eigenvalue weighted by Gasteiger charge is 2.28. The number of fused-ring (bicyclic) bond motifs is 1. The van der Waals surface area contributed by atoms with Crippen LogP contribution in [0.15, 0.2) is 27.9 Å². The topological polar surface area (TPSA) is 129 Å². The summed E-state index contributed by atoms with van der Waals surface area (Å²) in [5, 5.41) is 8.33. The lowest BCUT2D eigenvalue weighted by Gasteiger charge is -2.30. The lowest BCUT2D eigenvalue weighted by molar-refractivity contribution is 0.163. The second-order valence-electron chi connectivity index (χ2n) is 9.28. The van der Waals surface area contributed by atoms with Gasteiger partial charge < -0.3 is 14.2 Å². The molecule has 1 aromatic carbocycles. The average Bonchev–Trinajstić information content (AvgIpc) is 3.46. The Morgan fingerprint density at radius 3 is 2.51 bits per heavy atom. The Morgan fingerprint density at radius 2 is 1.86 bits per heavy atom. The number of rotatable bonds is 6. The molecule has 0 unspecified atom stereocenters. The van der Waals surface area contributed by atoms with Gasteiger partial charge in [-0.2, -0.15) is 15.1 Å². The third-order valence-corrected chi connectivity index (χ3v) is 7.31. The van der Waals surface area contributed by atoms with E-state index >= 15 is 0 Å². The number of nitrogens with zero attached hydrogens (tertiary/aromatic N) is 7. The van der Waals surface area contributed by atoms with Crippen LogP contribution in [0.25, 0.3) is 22.3 Å². The molecule has 0 saturated carbocycles. The van der Waals surface area contributed by atoms with Crippen LogP contribution >= 0.6 is 0 Å². The molecule has 37 heavy (non-hydrogen) atoms. The molecular weight excluding hydrogens is 508 g/mol. The second kappa shape index (κ2) is 9.32. The van der Waals surface area contributed by atoms with Crippen molar-refractivity contribution in [1.29, 1.82) is 0 Å². The summed E-state index contributed by atoms with van der Waals surface area (Å²) in [6, 6.07) is 1.95. The molecule has 0 radical (unpaired) electrons. The van der Waals surface area contributed by atoms with E-state index < -0.39 is 26.4 Å². The van der Waals surface area contributed by atoms with Gasteiger partial charge in [0.2, 0.25) is 5.88 Å². The van der Waals surface area contributed by atoms with E-state index in [1.807, 2.05) is 18.7 Å². The number of sulfone groups is 1. The Hall–Kier alpha value is -3.68. The number of piperidine rings is 1. The van der Waals surface area contributed by atoms with E-state index in [4.69, 9.17) is 9.26 Å². The van der Waals surface area contributed by atoms with E-state index in [-0.39, 0.29) is 34.7 Å². The molecule has 1 aliphatic heterocycles. The Kier molecular flexibility index (Phi) is 6.30. The normalized spacial score (nSPS) is 15.2. The van der Waals surface area contributed by atoms with E-state index in [9.17, 15) is 17.2 Å². The maximum Gasteiger partial charge on any atom is 0.324 e. The molecule has 14 heteroatoms. The zero-order valence-corrected chi connectivity index (χ0v) is 21.5. The third kappa shape index (κ3) is 4.72. The van der Waals surface area contributed by atoms with Crippen LogP contribution in [0.1, 0.15) is 38.4 Å². The van der Waals surface area contributed by atoms with Crippen molar-refractivity contribution in [3.63, 3.8) is 0 Å². The van der Waals surface area contributed by atoms with Crippen molar-refractivity contribution in [3.8, 4) is 17.1 Å². The number of anilines is 1. The summed E-state index contributed by atoms with van der Waals surface area (Å²) < 4.78 is 66.0. The molecule has 0 N–H and O–H groups in total. The van der Waals surface area contributed by atoms with Crippen molar-refractivity contribution in [3.05, 3.63) is 35.9 Å². The van der Waals surface area contributed by atoms with Crippen LogP contribution in [-0.4, -0.2) is 63.8 Å². The van der Waals surface area contributed by atoms with Crippen LogP contribution in [-0.2, 0) is 16.9 Å². The molecule has 4 heterocycles. The minimum absolute atomic E-state index is 0.0494. The summed E-state index contributed by atoms with van der Waals surface area (Å²) in [5.74, 6) is -0.914. The monoisotopic (exact) mass is 533 g/mol. The number of ether oxygens (including phenoxy) is 1. The van der Waals surface area contributed by atoms with Crippen LogP contribution in [0.4, 0.5) is 14.8 Å². The van der Waals surface area contributed by atoms with Gasteiger partial charge in [0.05, 0.1) is 0 Å². The number of aryl methyl sites for hydroxylation is 1. The van der Waals surface area contributed by atoms with Crippen LogP contribution in [0.3, 0.4) is 0 Å². The molecule has 1 fully saturated rings. The molecule has 0 atom stereocenters. The van der Waals surface area contributed by atoms with Gasteiger partial charge in [-0.1, -0.05) is 19.0 Å². The lowest BCUT2D eigenvalue weighted by Crippen LogP contribution is -2.38. The van der Waals surface area contributed by atoms with Gasteiger partial charge in [-0.15, -0.1) is 0 Å². The first-order chi connectivity index (χ1) is 17.5. The van der Waals surface area contributed by atoms with Crippen molar-refractivity contribution in [1.82, 2.24) is 29.9 Å². The minimum Gasteiger partial charge on any atom is -0.473 e. The van der Waals surface area contributed by atoms with Gasteiger partial charge in [0, 0.05) is 50.7 Å². The van der Waals surface area contributed by atoms with Crippen molar-refractivity contribution >= 4 is 26.9 Å². The van der Waals surface area contributed by atoms with Gasteiger partial charge in [-0.25, -0.2) is 22.2 Å². The smallest absolute Gasteiger partial charge is 0.324 e. The van der Waals surface area contributed by atoms with Crippen molar-refractivity contribution < 1.29 is 26.5 Å². The first-order valence-corrected chi connectivity index (χ1v) is 13.5. The van der Waals surface area contributed by atoms with Crippen molar-refractivity contribution in [2.75, 3.05) is 24.2 Å². The summed E-state index contributed by atoms with van der Waals surface area (Å²) in [7, 11) is -2.33. The molecule has 5 rings (SSSR count). The Labute approximate surface area is 211 Å². The fraction of sp³-hybridized carbons (Fsp3) is 0.435. The minimum atomic E-state index is -3.94. The Bertz CT molecular complexity index is 1580. The molecule has 4 aromatic rings. The standard InChI is InChI=1S/C23H25F2N7O4S/c1-12(2)21-28-23(36-30-21)32-7-5-13(6-8-32)35-22-20-19(26-11-27-22)18(29-31(20)3)14-9-16(25)17(10-15(14)24)37(4,33)34/h9-13H,5-8H2,1-4H3. The average molecular weight is 534 g/mol. The van der Waals surface area contributed by atoms with Gasteiger partial charge in [0.15, 0.2) is 15.7 Å². The summed E-state index contributed by atoms with van der Waals surface area (Å²) in [5.41, 5.74) is 0.495. The predicted molar refractivity (Wildman–Crippen MR) is 129 cm³/mol. The SMILES string of the molecule is CC(C)c1noc(N2CCC(Oc3ncnc4c(-c5cc(F)c(S(C)(=O)=O)cc5F)nn(C)c34)CC2)n1. The number of aromatic nitrogens is 6. The fourth-order valence-corrected chi connectivity index (χ4v) is 4.98. The largest absolute Gasteiger partial charge is 0.473 e. The molecule has 0 aliphatic carbocycles.